The third-order valence-corrected chi connectivity index (χ3v) is 7.11. The van der Waals surface area contributed by atoms with E-state index < -0.39 is 63.5 Å². The molecule has 1 aliphatic heterocycles. The molecule has 42 heavy (non-hydrogen) atoms. The maximum Gasteiger partial charge on any atom is 0.350 e. The first-order valence-corrected chi connectivity index (χ1v) is 15.1. The molecular weight excluding hydrogens is 622 g/mol. The molecule has 0 spiro atoms. The van der Waals surface area contributed by atoms with Crippen LogP contribution in [0.2, 0.25) is 10.0 Å². The quantitative estimate of drug-likeness (QED) is 0.135. The van der Waals surface area contributed by atoms with Crippen LogP contribution in [-0.2, 0) is 20.6 Å². The minimum absolute atomic E-state index is 0.0629. The number of imidazole rings is 1. The smallest absolute Gasteiger partial charge is 0.350 e. The minimum atomic E-state index is -4.31. The van der Waals surface area contributed by atoms with Gasteiger partial charge in [-0.15, -0.1) is 0 Å². The molecule has 0 bridgehead atoms. The Morgan fingerprint density at radius 2 is 1.83 bits per heavy atom. The van der Waals surface area contributed by atoms with Crippen molar-refractivity contribution >= 4 is 53.6 Å². The average Bonchev–Trinajstić information content (AvgIpc) is 3.37. The van der Waals surface area contributed by atoms with Crippen LogP contribution < -0.4 is 16.7 Å². The van der Waals surface area contributed by atoms with Crippen molar-refractivity contribution in [1.82, 2.24) is 19.1 Å². The average molecular weight is 655 g/mol. The van der Waals surface area contributed by atoms with Gasteiger partial charge in [0.2, 0.25) is 5.95 Å². The van der Waals surface area contributed by atoms with Gasteiger partial charge >= 0.3 is 13.3 Å². The summed E-state index contributed by atoms with van der Waals surface area (Å²) in [6.45, 7) is 2.92. The topological polar surface area (TPSA) is 248 Å². The van der Waals surface area contributed by atoms with Crippen LogP contribution in [0.15, 0.2) is 29.2 Å². The maximum atomic E-state index is 11.4. The van der Waals surface area contributed by atoms with Gasteiger partial charge in [-0.05, 0) is 32.0 Å². The van der Waals surface area contributed by atoms with Crippen molar-refractivity contribution in [2.24, 2.45) is 0 Å². The Bertz CT molecular complexity index is 1470. The summed E-state index contributed by atoms with van der Waals surface area (Å²) in [7, 11) is -4.31. The van der Waals surface area contributed by atoms with Crippen LogP contribution in [0, 0.1) is 0 Å². The monoisotopic (exact) mass is 654 g/mol. The van der Waals surface area contributed by atoms with E-state index >= 15 is 0 Å². The molecule has 16 nitrogen and oxygen atoms in total. The molecule has 0 unspecified atom stereocenters. The number of nitrogen functional groups attached to an aromatic ring is 1. The summed E-state index contributed by atoms with van der Waals surface area (Å²) in [5, 5.41) is 42.6. The minimum Gasteiger partial charge on any atom is -0.394 e. The Morgan fingerprint density at radius 1 is 1.17 bits per heavy atom. The molecule has 1 aromatic carbocycles. The number of benzene rings is 1. The van der Waals surface area contributed by atoms with Crippen molar-refractivity contribution in [2.45, 2.75) is 57.1 Å². The van der Waals surface area contributed by atoms with Crippen LogP contribution in [0.4, 0.5) is 11.8 Å². The summed E-state index contributed by atoms with van der Waals surface area (Å²) in [6, 6.07) is 4.72. The number of rotatable bonds is 10. The highest BCUT2D eigenvalue weighted by molar-refractivity contribution is 7.51. The van der Waals surface area contributed by atoms with Crippen molar-refractivity contribution in [3.63, 3.8) is 0 Å². The van der Waals surface area contributed by atoms with Gasteiger partial charge in [0.25, 0.3) is 0 Å². The number of anilines is 2. The predicted octanol–water partition coefficient (Wildman–Crippen LogP) is 0.113. The fraction of sp³-hybridized carbons (Fsp3) is 0.522. The predicted molar refractivity (Wildman–Crippen MR) is 153 cm³/mol. The zero-order chi connectivity index (χ0) is 31.4. The Balaban J connectivity index is 0.000000241. The summed E-state index contributed by atoms with van der Waals surface area (Å²) in [5.74, 6) is 0.515. The Labute approximate surface area is 249 Å². The molecule has 0 radical (unpaired) electrons. The molecule has 0 aliphatic carbocycles. The molecule has 1 saturated heterocycles. The van der Waals surface area contributed by atoms with Crippen LogP contribution in [-0.4, -0.2) is 99.3 Å². The van der Waals surface area contributed by atoms with Gasteiger partial charge in [-0.3, -0.25) is 13.7 Å². The van der Waals surface area contributed by atoms with Crippen LogP contribution in [0.25, 0.3) is 11.0 Å². The second-order valence-electron chi connectivity index (χ2n) is 9.64. The zero-order valence-corrected chi connectivity index (χ0v) is 24.9. The molecule has 0 saturated carbocycles. The lowest BCUT2D eigenvalue weighted by Crippen LogP contribution is -2.33. The molecule has 9 N–H and O–H groups in total. The number of halogens is 2. The van der Waals surface area contributed by atoms with E-state index in [1.165, 1.54) is 12.3 Å². The zero-order valence-electron chi connectivity index (χ0n) is 22.5. The van der Waals surface area contributed by atoms with Gasteiger partial charge in [-0.25, -0.2) is 9.78 Å². The van der Waals surface area contributed by atoms with Gasteiger partial charge < -0.3 is 50.7 Å². The molecule has 234 valence electrons. The van der Waals surface area contributed by atoms with E-state index in [1.807, 2.05) is 13.8 Å². The number of fused-ring (bicyclic) bond motifs is 1. The number of aliphatic hydroxyl groups excluding tert-OH is 4. The molecule has 19 heteroatoms. The molecule has 2 aromatic heterocycles. The fourth-order valence-corrected chi connectivity index (χ4v) is 4.69. The van der Waals surface area contributed by atoms with Crippen molar-refractivity contribution < 1.29 is 44.3 Å². The molecule has 4 rings (SSSR count). The lowest BCUT2D eigenvalue weighted by Gasteiger charge is -2.21. The van der Waals surface area contributed by atoms with E-state index in [-0.39, 0.29) is 18.4 Å². The molecule has 3 aromatic rings. The lowest BCUT2D eigenvalue weighted by molar-refractivity contribution is -0.0499. The van der Waals surface area contributed by atoms with E-state index in [0.717, 1.165) is 4.57 Å². The van der Waals surface area contributed by atoms with Crippen molar-refractivity contribution in [3.05, 3.63) is 44.9 Å². The standard InChI is InChI=1S/C15H19Cl2N3O4.C8H14N3O6P/c1-6(2)18-15-19-9-3-7(16)8(17)4-10(9)20(15)14-13(23)12(22)11(5-21)24-14;9-7-1-2-11(8(13)10-7)3-6(4-12)17-5-18(14,15)16/h3-4,6,11-14,21-23H,5H2,1-2H3,(H,18,19);1-2,6,12H,3-5H2,(H2,9,10,13)(H2,14,15,16)/t11-,12-,13-,14-;6-/m00/s1. The van der Waals surface area contributed by atoms with Crippen molar-refractivity contribution in [2.75, 3.05) is 30.6 Å². The molecule has 5 atom stereocenters. The normalized spacial score (nSPS) is 21.4. The highest BCUT2D eigenvalue weighted by atomic mass is 35.5. The third-order valence-electron chi connectivity index (χ3n) is 5.90. The highest BCUT2D eigenvalue weighted by Gasteiger charge is 2.44. The van der Waals surface area contributed by atoms with Crippen LogP contribution in [0.3, 0.4) is 0 Å². The van der Waals surface area contributed by atoms with Crippen LogP contribution in [0.1, 0.15) is 20.1 Å². The second kappa shape index (κ2) is 14.4. The largest absolute Gasteiger partial charge is 0.394 e. The summed E-state index contributed by atoms with van der Waals surface area (Å²) >= 11 is 12.2. The van der Waals surface area contributed by atoms with Gasteiger partial charge in [-0.1, -0.05) is 23.2 Å². The van der Waals surface area contributed by atoms with Crippen molar-refractivity contribution in [1.29, 1.82) is 0 Å². The van der Waals surface area contributed by atoms with E-state index in [9.17, 15) is 24.7 Å². The third kappa shape index (κ3) is 8.61. The number of aliphatic hydroxyl groups is 4. The summed E-state index contributed by atoms with van der Waals surface area (Å²) in [4.78, 5) is 36.6. The SMILES string of the molecule is CC(C)Nc1nc2cc(Cl)c(Cl)cc2n1[C@H]1O[C@@H](CO)[C@H](O)[C@@H]1O.Nc1ccn(C[C@@H](CO)OCP(=O)(O)O)c(=O)n1. The summed E-state index contributed by atoms with van der Waals surface area (Å²) in [6.07, 6.45) is -4.60. The van der Waals surface area contributed by atoms with E-state index in [2.05, 4.69) is 15.3 Å². The Hall–Kier alpha value is -2.34. The Morgan fingerprint density at radius 3 is 2.38 bits per heavy atom. The maximum absolute atomic E-state index is 11.4. The van der Waals surface area contributed by atoms with Gasteiger partial charge in [-0.2, -0.15) is 4.98 Å². The number of ether oxygens (including phenoxy) is 2. The number of hydrogen-bond acceptors (Lipinski definition) is 12. The summed E-state index contributed by atoms with van der Waals surface area (Å²) in [5.41, 5.74) is 5.84. The molecular formula is C23H33Cl2N6O10P. The molecule has 0 amide bonds. The highest BCUT2D eigenvalue weighted by Crippen LogP contribution is 2.37. The van der Waals surface area contributed by atoms with E-state index in [0.29, 0.717) is 27.0 Å². The van der Waals surface area contributed by atoms with Gasteiger partial charge in [0, 0.05) is 12.2 Å². The first kappa shape index (κ1) is 34.2. The number of nitrogens with zero attached hydrogens (tertiary/aromatic N) is 4. The molecule has 1 aliphatic rings. The van der Waals surface area contributed by atoms with Crippen LogP contribution >= 0.6 is 30.8 Å². The lowest BCUT2D eigenvalue weighted by atomic mass is 10.1. The van der Waals surface area contributed by atoms with Crippen LogP contribution in [0.5, 0.6) is 0 Å². The number of nitrogens with two attached hydrogens (primary N) is 1. The summed E-state index contributed by atoms with van der Waals surface area (Å²) < 4.78 is 23.8. The van der Waals surface area contributed by atoms with Gasteiger partial charge in [0.05, 0.1) is 46.9 Å². The van der Waals surface area contributed by atoms with E-state index in [4.69, 9.17) is 53.3 Å². The number of aromatic nitrogens is 4. The van der Waals surface area contributed by atoms with Gasteiger partial charge in [0.1, 0.15) is 30.5 Å². The Kier molecular flexibility index (Phi) is 11.7. The van der Waals surface area contributed by atoms with Crippen molar-refractivity contribution in [3.8, 4) is 0 Å². The fourth-order valence-electron chi connectivity index (χ4n) is 3.97. The first-order chi connectivity index (χ1) is 19.6. The first-order valence-electron chi connectivity index (χ1n) is 12.5. The molecule has 1 fully saturated rings. The number of hydrogen-bond donors (Lipinski definition) is 8. The van der Waals surface area contributed by atoms with Gasteiger partial charge in [0.15, 0.2) is 6.23 Å². The van der Waals surface area contributed by atoms with E-state index in [1.54, 1.807) is 16.7 Å². The second-order valence-corrected chi connectivity index (χ2v) is 12.0. The number of nitrogens with one attached hydrogen (secondary N) is 1. The molecule has 3 heterocycles.